The first-order chi connectivity index (χ1) is 30.2. The van der Waals surface area contributed by atoms with E-state index in [2.05, 4.69) is 168 Å². The Morgan fingerprint density at radius 2 is 1.03 bits per heavy atom. The van der Waals surface area contributed by atoms with Crippen LogP contribution in [0.5, 0.6) is 0 Å². The molecule has 4 heterocycles. The standard InChI is InChI=1S/C53H30N4OS.C2H6/c1-2-11-32-26-36(21-20-31(32)10-1)51-54-52(37-22-24-40-39-14-5-7-18-46(39)58-47(40)30-37)56-53(55-51)57-45-29-34-13-4-3-12-33(34)27-43(45)42-17-9-16-38(50(42)57)35-23-25-49-44(28-35)41-15-6-8-19-48(41)59-49;1-2/h1-30H;1-2H3. The molecule has 61 heavy (non-hydrogen) atoms. The molecule has 13 rings (SSSR count). The monoisotopic (exact) mass is 800 g/mol. The van der Waals surface area contributed by atoms with E-state index < -0.39 is 0 Å². The van der Waals surface area contributed by atoms with Gasteiger partial charge in [0.15, 0.2) is 11.6 Å². The lowest BCUT2D eigenvalue weighted by molar-refractivity contribution is 0.669. The fourth-order valence-electron chi connectivity index (χ4n) is 9.00. The van der Waals surface area contributed by atoms with Crippen LogP contribution in [0.2, 0.25) is 0 Å². The van der Waals surface area contributed by atoms with E-state index >= 15 is 0 Å². The van der Waals surface area contributed by atoms with E-state index in [9.17, 15) is 0 Å². The smallest absolute Gasteiger partial charge is 0.238 e. The molecule has 0 saturated carbocycles. The quantitative estimate of drug-likeness (QED) is 0.178. The Bertz CT molecular complexity index is 3870. The second-order valence-electron chi connectivity index (χ2n) is 15.2. The van der Waals surface area contributed by atoms with Crippen LogP contribution in [0, 0.1) is 0 Å². The third kappa shape index (κ3) is 5.64. The number of rotatable bonds is 4. The van der Waals surface area contributed by atoms with E-state index in [1.165, 1.54) is 25.6 Å². The van der Waals surface area contributed by atoms with Gasteiger partial charge in [-0.3, -0.25) is 4.57 Å². The minimum Gasteiger partial charge on any atom is -0.456 e. The molecule has 0 radical (unpaired) electrons. The number of aromatic nitrogens is 4. The van der Waals surface area contributed by atoms with Gasteiger partial charge in [-0.2, -0.15) is 9.97 Å². The molecule has 0 aliphatic rings. The highest BCUT2D eigenvalue weighted by molar-refractivity contribution is 7.25. The SMILES string of the molecule is CC.c1ccc2cc(-c3nc(-c4ccc5c(c4)oc4ccccc45)nc(-n4c5cc6ccccc6cc5c5cccc(-c6ccc7sc8ccccc8c7c6)c54)n3)ccc2c1. The number of fused-ring (bicyclic) bond motifs is 11. The zero-order chi connectivity index (χ0) is 40.6. The molecule has 0 fully saturated rings. The molecule has 4 aromatic heterocycles. The van der Waals surface area contributed by atoms with Crippen molar-refractivity contribution < 1.29 is 4.42 Å². The van der Waals surface area contributed by atoms with Crippen molar-refractivity contribution in [1.82, 2.24) is 19.5 Å². The Morgan fingerprint density at radius 3 is 1.87 bits per heavy atom. The van der Waals surface area contributed by atoms with E-state index in [4.69, 9.17) is 19.4 Å². The van der Waals surface area contributed by atoms with Crippen molar-refractivity contribution in [3.05, 3.63) is 182 Å². The first kappa shape index (κ1) is 35.3. The van der Waals surface area contributed by atoms with Crippen molar-refractivity contribution in [2.24, 2.45) is 0 Å². The van der Waals surface area contributed by atoms with Crippen LogP contribution in [-0.2, 0) is 0 Å². The van der Waals surface area contributed by atoms with Crippen molar-refractivity contribution in [3.8, 4) is 39.9 Å². The summed E-state index contributed by atoms with van der Waals surface area (Å²) in [5.41, 5.74) is 7.74. The van der Waals surface area contributed by atoms with Gasteiger partial charge in [-0.1, -0.05) is 141 Å². The lowest BCUT2D eigenvalue weighted by Gasteiger charge is -2.13. The Balaban J connectivity index is 0.00000197. The number of nitrogens with zero attached hydrogens (tertiary/aromatic N) is 4. The molecule has 288 valence electrons. The maximum Gasteiger partial charge on any atom is 0.238 e. The minimum absolute atomic E-state index is 0.549. The van der Waals surface area contributed by atoms with Crippen molar-refractivity contribution in [2.75, 3.05) is 0 Å². The molecule has 0 bridgehead atoms. The van der Waals surface area contributed by atoms with Gasteiger partial charge >= 0.3 is 0 Å². The molecule has 0 atom stereocenters. The van der Waals surface area contributed by atoms with Gasteiger partial charge in [0.25, 0.3) is 0 Å². The fraction of sp³-hybridized carbons (Fsp3) is 0.0364. The number of para-hydroxylation sites is 2. The predicted molar refractivity (Wildman–Crippen MR) is 257 cm³/mol. The summed E-state index contributed by atoms with van der Waals surface area (Å²) >= 11 is 1.84. The molecule has 0 aliphatic heterocycles. The summed E-state index contributed by atoms with van der Waals surface area (Å²) in [6.45, 7) is 4.00. The van der Waals surface area contributed by atoms with Crippen LogP contribution in [-0.4, -0.2) is 19.5 Å². The molecule has 13 aromatic rings. The van der Waals surface area contributed by atoms with Crippen LogP contribution < -0.4 is 0 Å². The van der Waals surface area contributed by atoms with E-state index in [1.54, 1.807) is 0 Å². The number of thiophene rings is 1. The highest BCUT2D eigenvalue weighted by Crippen LogP contribution is 2.42. The van der Waals surface area contributed by atoms with E-state index in [0.717, 1.165) is 82.2 Å². The van der Waals surface area contributed by atoms with Gasteiger partial charge in [-0.25, -0.2) is 4.98 Å². The summed E-state index contributed by atoms with van der Waals surface area (Å²) < 4.78 is 11.2. The van der Waals surface area contributed by atoms with Crippen molar-refractivity contribution in [1.29, 1.82) is 0 Å². The van der Waals surface area contributed by atoms with Crippen LogP contribution in [0.3, 0.4) is 0 Å². The Labute approximate surface area is 354 Å². The molecular formula is C55H36N4OS. The van der Waals surface area contributed by atoms with Crippen molar-refractivity contribution in [3.63, 3.8) is 0 Å². The average molecular weight is 801 g/mol. The zero-order valence-electron chi connectivity index (χ0n) is 33.4. The van der Waals surface area contributed by atoms with Crippen LogP contribution >= 0.6 is 11.3 Å². The highest BCUT2D eigenvalue weighted by atomic mass is 32.1. The molecule has 6 heteroatoms. The maximum absolute atomic E-state index is 6.38. The van der Waals surface area contributed by atoms with E-state index in [1.807, 2.05) is 43.4 Å². The highest BCUT2D eigenvalue weighted by Gasteiger charge is 2.22. The molecule has 9 aromatic carbocycles. The number of furan rings is 1. The minimum atomic E-state index is 0.549. The topological polar surface area (TPSA) is 56.7 Å². The van der Waals surface area contributed by atoms with Gasteiger partial charge in [0.2, 0.25) is 5.95 Å². The molecule has 0 saturated heterocycles. The Hall–Kier alpha value is -7.67. The molecule has 5 nitrogen and oxygen atoms in total. The summed E-state index contributed by atoms with van der Waals surface area (Å²) in [7, 11) is 0. The first-order valence-electron chi connectivity index (χ1n) is 20.8. The second-order valence-corrected chi connectivity index (χ2v) is 16.3. The fourth-order valence-corrected chi connectivity index (χ4v) is 10.1. The third-order valence-corrected chi connectivity index (χ3v) is 13.0. The largest absolute Gasteiger partial charge is 0.456 e. The van der Waals surface area contributed by atoms with Gasteiger partial charge in [-0.15, -0.1) is 11.3 Å². The second kappa shape index (κ2) is 14.0. The van der Waals surface area contributed by atoms with Crippen LogP contribution in [0.4, 0.5) is 0 Å². The van der Waals surface area contributed by atoms with Crippen molar-refractivity contribution in [2.45, 2.75) is 13.8 Å². The number of hydrogen-bond donors (Lipinski definition) is 0. The Kier molecular flexibility index (Phi) is 8.08. The molecule has 0 aliphatic carbocycles. The Morgan fingerprint density at radius 1 is 0.410 bits per heavy atom. The predicted octanol–water partition coefficient (Wildman–Crippen LogP) is 15.6. The normalized spacial score (nSPS) is 11.8. The van der Waals surface area contributed by atoms with Gasteiger partial charge < -0.3 is 4.42 Å². The molecular weight excluding hydrogens is 765 g/mol. The van der Waals surface area contributed by atoms with Crippen molar-refractivity contribution >= 4 is 96.8 Å². The summed E-state index contributed by atoms with van der Waals surface area (Å²) in [5, 5.41) is 11.6. The van der Waals surface area contributed by atoms with Crippen LogP contribution in [0.1, 0.15) is 13.8 Å². The molecule has 0 N–H and O–H groups in total. The molecule has 0 spiro atoms. The summed E-state index contributed by atoms with van der Waals surface area (Å²) in [4.78, 5) is 16.0. The summed E-state index contributed by atoms with van der Waals surface area (Å²) in [5.74, 6) is 1.72. The van der Waals surface area contributed by atoms with Crippen LogP contribution in [0.25, 0.3) is 125 Å². The molecule has 0 amide bonds. The summed E-state index contributed by atoms with van der Waals surface area (Å²) in [6.07, 6.45) is 0. The zero-order valence-corrected chi connectivity index (χ0v) is 34.2. The lowest BCUT2D eigenvalue weighted by Crippen LogP contribution is -2.07. The molecule has 0 unspecified atom stereocenters. The maximum atomic E-state index is 6.38. The average Bonchev–Trinajstić information content (AvgIpc) is 4.00. The third-order valence-electron chi connectivity index (χ3n) is 11.8. The van der Waals surface area contributed by atoms with Gasteiger partial charge in [0, 0.05) is 58.4 Å². The van der Waals surface area contributed by atoms with Gasteiger partial charge in [0.05, 0.1) is 11.0 Å². The summed E-state index contributed by atoms with van der Waals surface area (Å²) in [6, 6.07) is 64.6. The number of benzene rings is 9. The van der Waals surface area contributed by atoms with Crippen LogP contribution in [0.15, 0.2) is 186 Å². The lowest BCUT2D eigenvalue weighted by atomic mass is 9.99. The van der Waals surface area contributed by atoms with Gasteiger partial charge in [-0.05, 0) is 81.7 Å². The number of hydrogen-bond acceptors (Lipinski definition) is 5. The van der Waals surface area contributed by atoms with E-state index in [0.29, 0.717) is 17.6 Å². The van der Waals surface area contributed by atoms with Gasteiger partial charge in [0.1, 0.15) is 11.2 Å². The van der Waals surface area contributed by atoms with E-state index in [-0.39, 0.29) is 0 Å². The first-order valence-corrected chi connectivity index (χ1v) is 21.6.